The van der Waals surface area contributed by atoms with Crippen molar-refractivity contribution < 1.29 is 4.74 Å². The monoisotopic (exact) mass is 241 g/mol. The maximum absolute atomic E-state index is 5.31. The summed E-state index contributed by atoms with van der Waals surface area (Å²) < 4.78 is 5.31. The van der Waals surface area contributed by atoms with Crippen LogP contribution in [-0.4, -0.2) is 50.3 Å². The van der Waals surface area contributed by atoms with Crippen LogP contribution in [0.25, 0.3) is 0 Å². The molecule has 1 fully saturated rings. The smallest absolute Gasteiger partial charge is 0.194 e. The number of nitrogens with one attached hydrogen (secondary N) is 1. The molecule has 0 aromatic rings. The third kappa shape index (κ3) is 4.94. The Morgan fingerprint density at radius 2 is 2.18 bits per heavy atom. The minimum atomic E-state index is 0.413. The van der Waals surface area contributed by atoms with Crippen LogP contribution in [0.3, 0.4) is 0 Å². The molecule has 0 radical (unpaired) electrons. The fraction of sp³-hybridized carbons (Fsp3) is 0.923. The minimum Gasteiger partial charge on any atom is -0.380 e. The molecule has 1 heterocycles. The number of hydrogen-bond acceptors (Lipinski definition) is 2. The van der Waals surface area contributed by atoms with Crippen molar-refractivity contribution in [1.29, 1.82) is 0 Å². The first-order valence-electron chi connectivity index (χ1n) is 6.70. The number of likely N-dealkylation sites (tertiary alicyclic amines) is 1. The van der Waals surface area contributed by atoms with E-state index in [0.29, 0.717) is 12.0 Å². The quantitative estimate of drug-likeness (QED) is 0.452. The molecule has 0 atom stereocenters. The van der Waals surface area contributed by atoms with Gasteiger partial charge in [0.05, 0.1) is 13.2 Å². The predicted molar refractivity (Wildman–Crippen MR) is 72.4 cm³/mol. The second kappa shape index (κ2) is 6.84. The van der Waals surface area contributed by atoms with Crippen molar-refractivity contribution in [1.82, 2.24) is 10.2 Å². The Labute approximate surface area is 105 Å². The zero-order chi connectivity index (χ0) is 12.7. The van der Waals surface area contributed by atoms with E-state index < -0.39 is 0 Å². The molecule has 1 rings (SSSR count). The van der Waals surface area contributed by atoms with Crippen LogP contribution in [0.2, 0.25) is 0 Å². The number of ether oxygens (including phenoxy) is 1. The third-order valence-corrected chi connectivity index (χ3v) is 3.01. The molecule has 0 aromatic carbocycles. The number of nitrogens with zero attached hydrogens (tertiary/aromatic N) is 2. The number of rotatable bonds is 5. The molecule has 1 aliphatic heterocycles. The van der Waals surface area contributed by atoms with E-state index in [4.69, 9.17) is 4.74 Å². The zero-order valence-corrected chi connectivity index (χ0v) is 11.8. The Hall–Kier alpha value is -0.770. The number of aliphatic imine (C=N–C) groups is 1. The highest BCUT2D eigenvalue weighted by atomic mass is 16.5. The molecule has 0 aliphatic carbocycles. The first-order valence-corrected chi connectivity index (χ1v) is 6.70. The second-order valence-electron chi connectivity index (χ2n) is 5.27. The van der Waals surface area contributed by atoms with Gasteiger partial charge in [0, 0.05) is 26.2 Å². The molecule has 0 amide bonds. The molecule has 0 bridgehead atoms. The molecule has 0 unspecified atom stereocenters. The molecular formula is C13H27N3O. The Morgan fingerprint density at radius 3 is 2.71 bits per heavy atom. The summed E-state index contributed by atoms with van der Waals surface area (Å²) in [6.45, 7) is 14.1. The van der Waals surface area contributed by atoms with E-state index in [0.717, 1.165) is 38.7 Å². The van der Waals surface area contributed by atoms with Crippen LogP contribution in [0.4, 0.5) is 0 Å². The first-order chi connectivity index (χ1) is 8.09. The average Bonchev–Trinajstić information content (AvgIpc) is 2.63. The van der Waals surface area contributed by atoms with Crippen LogP contribution in [0, 0.1) is 5.41 Å². The maximum Gasteiger partial charge on any atom is 0.194 e. The Bertz CT molecular complexity index is 251. The lowest BCUT2D eigenvalue weighted by atomic mass is 9.93. The lowest BCUT2D eigenvalue weighted by Crippen LogP contribution is -2.41. The van der Waals surface area contributed by atoms with E-state index >= 15 is 0 Å². The Balaban J connectivity index is 2.47. The van der Waals surface area contributed by atoms with Crippen LogP contribution in [-0.2, 0) is 4.74 Å². The summed E-state index contributed by atoms with van der Waals surface area (Å²) >= 11 is 0. The van der Waals surface area contributed by atoms with E-state index in [-0.39, 0.29) is 0 Å². The first kappa shape index (κ1) is 14.3. The molecule has 4 nitrogen and oxygen atoms in total. The molecule has 0 spiro atoms. The van der Waals surface area contributed by atoms with Gasteiger partial charge in [0.1, 0.15) is 0 Å². The van der Waals surface area contributed by atoms with Crippen LogP contribution >= 0.6 is 0 Å². The van der Waals surface area contributed by atoms with Gasteiger partial charge in [0.2, 0.25) is 0 Å². The second-order valence-corrected chi connectivity index (χ2v) is 5.27. The van der Waals surface area contributed by atoms with Gasteiger partial charge in [0.25, 0.3) is 0 Å². The van der Waals surface area contributed by atoms with E-state index in [2.05, 4.69) is 36.0 Å². The average molecular weight is 241 g/mol. The molecule has 17 heavy (non-hydrogen) atoms. The molecule has 0 saturated carbocycles. The molecule has 1 saturated heterocycles. The van der Waals surface area contributed by atoms with Gasteiger partial charge in [-0.05, 0) is 25.7 Å². The van der Waals surface area contributed by atoms with Crippen LogP contribution < -0.4 is 5.32 Å². The summed E-state index contributed by atoms with van der Waals surface area (Å²) in [6, 6.07) is 0. The van der Waals surface area contributed by atoms with Crippen molar-refractivity contribution in [2.45, 2.75) is 34.1 Å². The van der Waals surface area contributed by atoms with Crippen molar-refractivity contribution in [3.63, 3.8) is 0 Å². The summed E-state index contributed by atoms with van der Waals surface area (Å²) in [5.74, 6) is 1.04. The molecular weight excluding hydrogens is 214 g/mol. The lowest BCUT2D eigenvalue weighted by molar-refractivity contribution is 0.155. The third-order valence-electron chi connectivity index (χ3n) is 3.01. The highest BCUT2D eigenvalue weighted by molar-refractivity contribution is 5.80. The fourth-order valence-corrected chi connectivity index (χ4v) is 2.08. The van der Waals surface area contributed by atoms with Gasteiger partial charge in [-0.3, -0.25) is 4.99 Å². The predicted octanol–water partition coefficient (Wildman–Crippen LogP) is 1.72. The van der Waals surface area contributed by atoms with Crippen LogP contribution in [0.1, 0.15) is 34.1 Å². The summed E-state index contributed by atoms with van der Waals surface area (Å²) in [6.07, 6.45) is 1.24. The highest BCUT2D eigenvalue weighted by Gasteiger charge is 2.30. The number of hydrogen-bond donors (Lipinski definition) is 1. The summed E-state index contributed by atoms with van der Waals surface area (Å²) in [4.78, 5) is 6.96. The Kier molecular flexibility index (Phi) is 5.75. The highest BCUT2D eigenvalue weighted by Crippen LogP contribution is 2.28. The van der Waals surface area contributed by atoms with Gasteiger partial charge >= 0.3 is 0 Å². The molecule has 1 aliphatic rings. The van der Waals surface area contributed by atoms with Crippen molar-refractivity contribution in [3.05, 3.63) is 0 Å². The van der Waals surface area contributed by atoms with Crippen LogP contribution in [0.5, 0.6) is 0 Å². The molecule has 100 valence electrons. The van der Waals surface area contributed by atoms with Gasteiger partial charge < -0.3 is 15.0 Å². The van der Waals surface area contributed by atoms with E-state index in [9.17, 15) is 0 Å². The van der Waals surface area contributed by atoms with Crippen molar-refractivity contribution in [2.24, 2.45) is 10.4 Å². The maximum atomic E-state index is 5.31. The topological polar surface area (TPSA) is 36.9 Å². The fourth-order valence-electron chi connectivity index (χ4n) is 2.08. The van der Waals surface area contributed by atoms with Crippen LogP contribution in [0.15, 0.2) is 4.99 Å². The van der Waals surface area contributed by atoms with E-state index in [1.54, 1.807) is 0 Å². The lowest BCUT2D eigenvalue weighted by Gasteiger charge is -2.23. The van der Waals surface area contributed by atoms with Gasteiger partial charge in [-0.15, -0.1) is 0 Å². The summed E-state index contributed by atoms with van der Waals surface area (Å²) in [5, 5.41) is 3.36. The minimum absolute atomic E-state index is 0.413. The van der Waals surface area contributed by atoms with E-state index in [1.807, 2.05) is 6.92 Å². The van der Waals surface area contributed by atoms with Gasteiger partial charge in [-0.25, -0.2) is 0 Å². The summed E-state index contributed by atoms with van der Waals surface area (Å²) in [5.41, 5.74) is 0.413. The molecule has 1 N–H and O–H groups in total. The van der Waals surface area contributed by atoms with Crippen molar-refractivity contribution in [2.75, 3.05) is 39.4 Å². The normalized spacial score (nSPS) is 19.8. The van der Waals surface area contributed by atoms with E-state index in [1.165, 1.54) is 6.42 Å². The molecule has 0 aromatic heterocycles. The zero-order valence-electron chi connectivity index (χ0n) is 11.8. The van der Waals surface area contributed by atoms with Crippen molar-refractivity contribution in [3.8, 4) is 0 Å². The van der Waals surface area contributed by atoms with Gasteiger partial charge in [-0.1, -0.05) is 13.8 Å². The SMILES string of the molecule is CCNC(=NCCOCC)N1CCC(C)(C)C1. The standard InChI is InChI=1S/C13H27N3O/c1-5-14-12(15-8-10-17-6-2)16-9-7-13(3,4)11-16/h5-11H2,1-4H3,(H,14,15). The van der Waals surface area contributed by atoms with Crippen molar-refractivity contribution >= 4 is 5.96 Å². The summed E-state index contributed by atoms with van der Waals surface area (Å²) in [7, 11) is 0. The largest absolute Gasteiger partial charge is 0.380 e. The molecule has 4 heteroatoms. The number of guanidine groups is 1. The Morgan fingerprint density at radius 1 is 1.41 bits per heavy atom. The van der Waals surface area contributed by atoms with Gasteiger partial charge in [-0.2, -0.15) is 0 Å². The van der Waals surface area contributed by atoms with Gasteiger partial charge in [0.15, 0.2) is 5.96 Å².